The van der Waals surface area contributed by atoms with Crippen LogP contribution in [0.4, 0.5) is 0 Å². The molecule has 0 atom stereocenters. The third-order valence-electron chi connectivity index (χ3n) is 2.38. The summed E-state index contributed by atoms with van der Waals surface area (Å²) >= 11 is 1.51. The molecule has 0 aromatic carbocycles. The van der Waals surface area contributed by atoms with Gasteiger partial charge in [-0.25, -0.2) is 4.68 Å². The molecule has 2 rings (SSSR count). The summed E-state index contributed by atoms with van der Waals surface area (Å²) in [5, 5.41) is 16.3. The van der Waals surface area contributed by atoms with Crippen molar-refractivity contribution in [2.75, 3.05) is 0 Å². The first-order valence-corrected chi connectivity index (χ1v) is 7.27. The summed E-state index contributed by atoms with van der Waals surface area (Å²) in [5.74, 6) is 2.48. The number of aromatic nitrogens is 6. The fraction of sp³-hybridized carbons (Fsp3) is 0.727. The summed E-state index contributed by atoms with van der Waals surface area (Å²) in [6.07, 6.45) is 0.807. The van der Waals surface area contributed by atoms with Crippen LogP contribution in [0.3, 0.4) is 0 Å². The van der Waals surface area contributed by atoms with E-state index in [9.17, 15) is 0 Å². The molecule has 8 heteroatoms. The first kappa shape index (κ1) is 14.0. The van der Waals surface area contributed by atoms with Gasteiger partial charge in [0.1, 0.15) is 0 Å². The van der Waals surface area contributed by atoms with Gasteiger partial charge in [-0.05, 0) is 30.2 Å². The topological polar surface area (TPSA) is 82.5 Å². The first-order chi connectivity index (χ1) is 9.06. The van der Waals surface area contributed by atoms with Crippen LogP contribution in [0.15, 0.2) is 9.68 Å². The lowest BCUT2D eigenvalue weighted by atomic mass is 10.1. The normalized spacial score (nSPS) is 11.7. The Hall–Kier alpha value is -1.44. The van der Waals surface area contributed by atoms with E-state index < -0.39 is 0 Å². The van der Waals surface area contributed by atoms with E-state index in [-0.39, 0.29) is 6.04 Å². The summed E-state index contributed by atoms with van der Waals surface area (Å²) in [4.78, 5) is 4.35. The molecule has 0 aliphatic heterocycles. The number of rotatable bonds is 6. The molecule has 0 saturated carbocycles. The molecular formula is C11H18N6OS. The number of hydrogen-bond acceptors (Lipinski definition) is 7. The van der Waals surface area contributed by atoms with Crippen LogP contribution >= 0.6 is 11.8 Å². The second-order valence-electron chi connectivity index (χ2n) is 4.99. The van der Waals surface area contributed by atoms with Gasteiger partial charge in [0, 0.05) is 6.42 Å². The fourth-order valence-corrected chi connectivity index (χ4v) is 2.36. The van der Waals surface area contributed by atoms with Crippen molar-refractivity contribution in [2.45, 2.75) is 51.1 Å². The highest BCUT2D eigenvalue weighted by atomic mass is 32.2. The van der Waals surface area contributed by atoms with E-state index >= 15 is 0 Å². The van der Waals surface area contributed by atoms with E-state index in [4.69, 9.17) is 4.52 Å². The average Bonchev–Trinajstić information content (AvgIpc) is 2.93. The van der Waals surface area contributed by atoms with Crippen LogP contribution in [0.2, 0.25) is 0 Å². The van der Waals surface area contributed by atoms with Crippen molar-refractivity contribution in [1.29, 1.82) is 0 Å². The van der Waals surface area contributed by atoms with Gasteiger partial charge in [-0.1, -0.05) is 30.8 Å². The van der Waals surface area contributed by atoms with Gasteiger partial charge in [0.05, 0.1) is 11.8 Å². The van der Waals surface area contributed by atoms with Crippen LogP contribution in [-0.2, 0) is 12.2 Å². The van der Waals surface area contributed by atoms with Gasteiger partial charge >= 0.3 is 0 Å². The lowest BCUT2D eigenvalue weighted by Gasteiger charge is -2.05. The Labute approximate surface area is 116 Å². The largest absolute Gasteiger partial charge is 0.339 e. The van der Waals surface area contributed by atoms with E-state index in [1.807, 2.05) is 13.8 Å². The van der Waals surface area contributed by atoms with Gasteiger partial charge in [0.15, 0.2) is 5.82 Å². The molecule has 0 N–H and O–H groups in total. The van der Waals surface area contributed by atoms with Crippen LogP contribution in [0.1, 0.15) is 45.5 Å². The van der Waals surface area contributed by atoms with Crippen molar-refractivity contribution < 1.29 is 4.52 Å². The molecule has 0 unspecified atom stereocenters. The first-order valence-electron chi connectivity index (χ1n) is 6.28. The molecule has 104 valence electrons. The maximum absolute atomic E-state index is 5.19. The highest BCUT2D eigenvalue weighted by Gasteiger charge is 2.13. The molecule has 0 spiro atoms. The van der Waals surface area contributed by atoms with Gasteiger partial charge in [0.25, 0.3) is 0 Å². The van der Waals surface area contributed by atoms with Crippen molar-refractivity contribution >= 4 is 11.8 Å². The summed E-state index contributed by atoms with van der Waals surface area (Å²) in [6, 6.07) is 0.235. The Kier molecular flexibility index (Phi) is 4.52. The van der Waals surface area contributed by atoms with Gasteiger partial charge < -0.3 is 4.52 Å². The van der Waals surface area contributed by atoms with E-state index in [2.05, 4.69) is 39.5 Å². The zero-order valence-electron chi connectivity index (χ0n) is 11.6. The van der Waals surface area contributed by atoms with E-state index in [0.717, 1.165) is 11.6 Å². The highest BCUT2D eigenvalue weighted by Crippen LogP contribution is 2.21. The number of nitrogens with zero attached hydrogens (tertiary/aromatic N) is 6. The van der Waals surface area contributed by atoms with Gasteiger partial charge in [-0.15, -0.1) is 5.10 Å². The van der Waals surface area contributed by atoms with Crippen molar-refractivity contribution in [2.24, 2.45) is 5.92 Å². The Morgan fingerprint density at radius 1 is 1.26 bits per heavy atom. The van der Waals surface area contributed by atoms with Crippen LogP contribution < -0.4 is 0 Å². The Morgan fingerprint density at radius 2 is 2.05 bits per heavy atom. The maximum atomic E-state index is 5.19. The van der Waals surface area contributed by atoms with Crippen LogP contribution in [0, 0.1) is 5.92 Å². The molecule has 2 aromatic rings. The van der Waals surface area contributed by atoms with Gasteiger partial charge in [0.2, 0.25) is 11.0 Å². The fourth-order valence-electron chi connectivity index (χ4n) is 1.51. The molecule has 0 radical (unpaired) electrons. The molecule has 0 aliphatic rings. The van der Waals surface area contributed by atoms with Crippen LogP contribution in [0.25, 0.3) is 0 Å². The summed E-state index contributed by atoms with van der Waals surface area (Å²) in [5.41, 5.74) is 0. The highest BCUT2D eigenvalue weighted by molar-refractivity contribution is 7.98. The molecular weight excluding hydrogens is 264 g/mol. The Bertz CT molecular complexity index is 521. The maximum Gasteiger partial charge on any atom is 0.226 e. The number of tetrazole rings is 1. The predicted molar refractivity (Wildman–Crippen MR) is 70.6 cm³/mol. The lowest BCUT2D eigenvalue weighted by molar-refractivity contribution is 0.360. The second-order valence-corrected chi connectivity index (χ2v) is 5.93. The molecule has 2 aromatic heterocycles. The third kappa shape index (κ3) is 3.76. The molecule has 0 saturated heterocycles. The molecule has 0 fully saturated rings. The summed E-state index contributed by atoms with van der Waals surface area (Å²) in [6.45, 7) is 8.32. The molecule has 0 bridgehead atoms. The van der Waals surface area contributed by atoms with E-state index in [1.54, 1.807) is 4.68 Å². The van der Waals surface area contributed by atoms with E-state index in [1.165, 1.54) is 11.8 Å². The van der Waals surface area contributed by atoms with Crippen molar-refractivity contribution in [3.63, 3.8) is 0 Å². The summed E-state index contributed by atoms with van der Waals surface area (Å²) < 4.78 is 6.97. The van der Waals surface area contributed by atoms with Crippen molar-refractivity contribution in [3.05, 3.63) is 11.7 Å². The molecule has 0 aliphatic carbocycles. The minimum absolute atomic E-state index is 0.235. The third-order valence-corrected chi connectivity index (χ3v) is 3.30. The minimum Gasteiger partial charge on any atom is -0.339 e. The predicted octanol–water partition coefficient (Wildman–Crippen LogP) is 2.13. The SMILES string of the molecule is CC(C)Cc1nc(CSc2nnnn2C(C)C)no1. The zero-order chi connectivity index (χ0) is 13.8. The minimum atomic E-state index is 0.235. The van der Waals surface area contributed by atoms with Gasteiger partial charge in [-0.2, -0.15) is 4.98 Å². The Morgan fingerprint density at radius 3 is 2.74 bits per heavy atom. The smallest absolute Gasteiger partial charge is 0.226 e. The Balaban J connectivity index is 1.95. The molecule has 7 nitrogen and oxygen atoms in total. The molecule has 19 heavy (non-hydrogen) atoms. The monoisotopic (exact) mass is 282 g/mol. The van der Waals surface area contributed by atoms with E-state index in [0.29, 0.717) is 23.4 Å². The van der Waals surface area contributed by atoms with Crippen molar-refractivity contribution in [1.82, 2.24) is 30.3 Å². The lowest BCUT2D eigenvalue weighted by Crippen LogP contribution is -2.04. The average molecular weight is 282 g/mol. The molecule has 2 heterocycles. The molecule has 0 amide bonds. The zero-order valence-corrected chi connectivity index (χ0v) is 12.4. The second kappa shape index (κ2) is 6.14. The van der Waals surface area contributed by atoms with Crippen LogP contribution in [0.5, 0.6) is 0 Å². The summed E-state index contributed by atoms with van der Waals surface area (Å²) in [7, 11) is 0. The number of thioether (sulfide) groups is 1. The standard InChI is InChI=1S/C11H18N6OS/c1-7(2)5-10-12-9(14-18-10)6-19-11-13-15-16-17(11)8(3)4/h7-8H,5-6H2,1-4H3. The quantitative estimate of drug-likeness (QED) is 0.750. The van der Waals surface area contributed by atoms with Gasteiger partial charge in [-0.3, -0.25) is 0 Å². The number of hydrogen-bond donors (Lipinski definition) is 0. The van der Waals surface area contributed by atoms with Crippen LogP contribution in [-0.4, -0.2) is 30.3 Å². The van der Waals surface area contributed by atoms with Crippen molar-refractivity contribution in [3.8, 4) is 0 Å².